The zero-order valence-electron chi connectivity index (χ0n) is 22.2. The highest BCUT2D eigenvalue weighted by Gasteiger charge is 2.24. The highest BCUT2D eigenvalue weighted by atomic mass is 35.5. The van der Waals surface area contributed by atoms with Crippen LogP contribution in [0.1, 0.15) is 39.2 Å². The molecule has 0 saturated carbocycles. The summed E-state index contributed by atoms with van der Waals surface area (Å²) in [6.07, 6.45) is 15.6. The molecule has 2 aliphatic heterocycles. The van der Waals surface area contributed by atoms with Crippen LogP contribution < -0.4 is 16.0 Å². The van der Waals surface area contributed by atoms with Crippen molar-refractivity contribution in [1.29, 1.82) is 0 Å². The lowest BCUT2D eigenvalue weighted by atomic mass is 10.0. The van der Waals surface area contributed by atoms with Gasteiger partial charge in [-0.1, -0.05) is 49.0 Å². The van der Waals surface area contributed by atoms with E-state index in [4.69, 9.17) is 11.6 Å². The molecule has 37 heavy (non-hydrogen) atoms. The van der Waals surface area contributed by atoms with Crippen LogP contribution in [0, 0.1) is 12.8 Å². The summed E-state index contributed by atoms with van der Waals surface area (Å²) in [6.45, 7) is 17.1. The Balaban J connectivity index is 0.000000586. The minimum absolute atomic E-state index is 0.103. The molecule has 0 aliphatic carbocycles. The quantitative estimate of drug-likeness (QED) is 0.235. The summed E-state index contributed by atoms with van der Waals surface area (Å²) in [4.78, 5) is 27.3. The van der Waals surface area contributed by atoms with Gasteiger partial charge >= 0.3 is 0 Å². The number of amides is 2. The van der Waals surface area contributed by atoms with E-state index in [1.165, 1.54) is 12.8 Å². The summed E-state index contributed by atoms with van der Waals surface area (Å²) in [6, 6.07) is 7.58. The molecule has 2 amide bonds. The standard InChI is InChI=1S/C21H28N4O2.C7H9Cl.C2H2/c1-3-22-19(14-17-16-8-4-5-9-18(16)24-21(17)27)15(2)20(26)23-10-13-25-11-6-7-12-25;1-4-5-7(8)6(2)3;1-2/h4-5,8-9,14,22H,3,6-7,10-13H2,1-2H3,(H,23,26)(H,24,27);4-5H,1-2H2,3H3;1-2H/b17-14-,19-15+;7-5+;. The number of carbonyl (C=O) groups is 2. The second kappa shape index (κ2) is 17.0. The Hall–Kier alpha value is -3.53. The number of anilines is 1. The monoisotopic (exact) mass is 522 g/mol. The fourth-order valence-electron chi connectivity index (χ4n) is 3.74. The fourth-order valence-corrected chi connectivity index (χ4v) is 3.83. The third kappa shape index (κ3) is 10.2. The first-order valence-electron chi connectivity index (χ1n) is 12.3. The number of rotatable bonds is 9. The SMILES string of the molecule is C#C.C=C/C=C(/Cl)C(=C)C.CCNC(/C=C1\C(=O)Nc2ccccc21)=C(\C)C(=O)NCCN1CCCC1. The normalized spacial score (nSPS) is 16.2. The van der Waals surface area contributed by atoms with E-state index in [-0.39, 0.29) is 11.8 Å². The van der Waals surface area contributed by atoms with Crippen LogP contribution in [-0.4, -0.2) is 49.4 Å². The molecule has 3 rings (SSSR count). The second-order valence-electron chi connectivity index (χ2n) is 8.46. The number of halogens is 1. The molecule has 2 aliphatic rings. The number of carbonyl (C=O) groups excluding carboxylic acids is 2. The molecule has 0 radical (unpaired) electrons. The summed E-state index contributed by atoms with van der Waals surface area (Å²) in [7, 11) is 0. The Bertz CT molecular complexity index is 1080. The van der Waals surface area contributed by atoms with E-state index < -0.39 is 0 Å². The number of hydrogen-bond acceptors (Lipinski definition) is 4. The molecule has 1 aromatic carbocycles. The Labute approximate surface area is 227 Å². The first-order valence-corrected chi connectivity index (χ1v) is 12.7. The van der Waals surface area contributed by atoms with Gasteiger partial charge in [0.1, 0.15) is 0 Å². The van der Waals surface area contributed by atoms with Crippen LogP contribution in [0.2, 0.25) is 0 Å². The Kier molecular flexibility index (Phi) is 14.5. The number of terminal acetylenes is 1. The van der Waals surface area contributed by atoms with E-state index in [1.54, 1.807) is 25.2 Å². The highest BCUT2D eigenvalue weighted by molar-refractivity contribution is 6.32. The number of nitrogens with one attached hydrogen (secondary N) is 3. The van der Waals surface area contributed by atoms with E-state index in [0.717, 1.165) is 36.5 Å². The van der Waals surface area contributed by atoms with Gasteiger partial charge in [0, 0.05) is 47.2 Å². The third-order valence-electron chi connectivity index (χ3n) is 5.69. The van der Waals surface area contributed by atoms with Crippen LogP contribution >= 0.6 is 11.6 Å². The average Bonchev–Trinajstić information content (AvgIpc) is 3.52. The molecule has 1 aromatic rings. The molecule has 3 N–H and O–H groups in total. The molecule has 7 heteroatoms. The van der Waals surface area contributed by atoms with E-state index in [2.05, 4.69) is 46.9 Å². The molecule has 0 unspecified atom stereocenters. The van der Waals surface area contributed by atoms with Gasteiger partial charge in [-0.15, -0.1) is 12.8 Å². The molecule has 6 nitrogen and oxygen atoms in total. The van der Waals surface area contributed by atoms with Gasteiger partial charge in [0.25, 0.3) is 5.91 Å². The predicted molar refractivity (Wildman–Crippen MR) is 157 cm³/mol. The minimum atomic E-state index is -0.145. The summed E-state index contributed by atoms with van der Waals surface area (Å²) < 4.78 is 0. The zero-order valence-corrected chi connectivity index (χ0v) is 23.0. The molecule has 0 spiro atoms. The number of fused-ring (bicyclic) bond motifs is 1. The number of nitrogens with zero attached hydrogens (tertiary/aromatic N) is 1. The maximum absolute atomic E-state index is 12.6. The van der Waals surface area contributed by atoms with Crippen LogP contribution in [0.5, 0.6) is 0 Å². The number of benzene rings is 1. The van der Waals surface area contributed by atoms with Crippen LogP contribution in [-0.2, 0) is 9.59 Å². The molecular weight excluding hydrogens is 484 g/mol. The van der Waals surface area contributed by atoms with Crippen LogP contribution in [0.3, 0.4) is 0 Å². The van der Waals surface area contributed by atoms with Gasteiger partial charge in [-0.3, -0.25) is 9.59 Å². The Morgan fingerprint density at radius 2 is 1.84 bits per heavy atom. The van der Waals surface area contributed by atoms with Crippen molar-refractivity contribution >= 4 is 34.7 Å². The summed E-state index contributed by atoms with van der Waals surface area (Å²) in [5.41, 5.74) is 4.37. The van der Waals surface area contributed by atoms with Crippen molar-refractivity contribution < 1.29 is 9.59 Å². The minimum Gasteiger partial charge on any atom is -0.385 e. The summed E-state index contributed by atoms with van der Waals surface area (Å²) in [5.74, 6) is -0.248. The van der Waals surface area contributed by atoms with Crippen molar-refractivity contribution in [2.75, 3.05) is 38.0 Å². The van der Waals surface area contributed by atoms with Crippen molar-refractivity contribution in [3.05, 3.63) is 83.1 Å². The number of para-hydroxylation sites is 1. The lowest BCUT2D eigenvalue weighted by molar-refractivity contribution is -0.117. The molecular formula is C30H39ClN4O2. The fraction of sp³-hybridized carbons (Fsp3) is 0.333. The van der Waals surface area contributed by atoms with Gasteiger partial charge in [0.2, 0.25) is 5.91 Å². The topological polar surface area (TPSA) is 73.5 Å². The molecule has 1 fully saturated rings. The van der Waals surface area contributed by atoms with E-state index in [1.807, 2.05) is 38.1 Å². The number of allylic oxidation sites excluding steroid dienone is 5. The maximum Gasteiger partial charge on any atom is 0.256 e. The van der Waals surface area contributed by atoms with E-state index in [0.29, 0.717) is 35.0 Å². The number of likely N-dealkylation sites (tertiary alicyclic amines) is 1. The van der Waals surface area contributed by atoms with Gasteiger partial charge in [0.05, 0.1) is 5.57 Å². The maximum atomic E-state index is 12.6. The number of likely N-dealkylation sites (N-methyl/N-ethyl adjacent to an activating group) is 1. The van der Waals surface area contributed by atoms with Gasteiger partial charge in [-0.05, 0) is 70.5 Å². The lowest BCUT2D eigenvalue weighted by Gasteiger charge is -2.16. The van der Waals surface area contributed by atoms with Crippen LogP contribution in [0.4, 0.5) is 5.69 Å². The third-order valence-corrected chi connectivity index (χ3v) is 6.14. The molecule has 198 valence electrons. The smallest absolute Gasteiger partial charge is 0.256 e. The van der Waals surface area contributed by atoms with Crippen molar-refractivity contribution in [3.8, 4) is 12.8 Å². The molecule has 0 atom stereocenters. The first kappa shape index (κ1) is 31.5. The molecule has 0 bridgehead atoms. The van der Waals surface area contributed by atoms with E-state index in [9.17, 15) is 9.59 Å². The first-order chi connectivity index (χ1) is 17.8. The average molecular weight is 523 g/mol. The Morgan fingerprint density at radius 3 is 2.41 bits per heavy atom. The summed E-state index contributed by atoms with van der Waals surface area (Å²) in [5, 5.41) is 9.75. The zero-order chi connectivity index (χ0) is 27.8. The molecule has 1 saturated heterocycles. The Morgan fingerprint density at radius 1 is 1.19 bits per heavy atom. The van der Waals surface area contributed by atoms with Gasteiger partial charge in [-0.2, -0.15) is 0 Å². The van der Waals surface area contributed by atoms with Gasteiger partial charge < -0.3 is 20.9 Å². The predicted octanol–water partition coefficient (Wildman–Crippen LogP) is 5.24. The van der Waals surface area contributed by atoms with Crippen molar-refractivity contribution in [2.45, 2.75) is 33.6 Å². The van der Waals surface area contributed by atoms with Gasteiger partial charge in [0.15, 0.2) is 0 Å². The number of hydrogen-bond donors (Lipinski definition) is 3. The van der Waals surface area contributed by atoms with Crippen LogP contribution in [0.25, 0.3) is 5.57 Å². The largest absolute Gasteiger partial charge is 0.385 e. The van der Waals surface area contributed by atoms with Crippen LogP contribution in [0.15, 0.2) is 77.5 Å². The molecule has 2 heterocycles. The van der Waals surface area contributed by atoms with E-state index >= 15 is 0 Å². The van der Waals surface area contributed by atoms with Crippen molar-refractivity contribution in [2.24, 2.45) is 0 Å². The van der Waals surface area contributed by atoms with Crippen molar-refractivity contribution in [3.63, 3.8) is 0 Å². The molecule has 0 aromatic heterocycles. The van der Waals surface area contributed by atoms with Crippen molar-refractivity contribution in [1.82, 2.24) is 15.5 Å². The van der Waals surface area contributed by atoms with Gasteiger partial charge in [-0.25, -0.2) is 0 Å². The summed E-state index contributed by atoms with van der Waals surface area (Å²) >= 11 is 5.61. The lowest BCUT2D eigenvalue weighted by Crippen LogP contribution is -2.34. The highest BCUT2D eigenvalue weighted by Crippen LogP contribution is 2.32. The second-order valence-corrected chi connectivity index (χ2v) is 8.87.